The zero-order valence-corrected chi connectivity index (χ0v) is 34.8. The van der Waals surface area contributed by atoms with Gasteiger partial charge in [0.1, 0.15) is 24.2 Å². The van der Waals surface area contributed by atoms with Gasteiger partial charge >= 0.3 is 12.2 Å². The van der Waals surface area contributed by atoms with Gasteiger partial charge in [-0.15, -0.1) is 0 Å². The minimum Gasteiger partial charge on any atom is -0.453 e. The Morgan fingerprint density at radius 3 is 1.33 bits per heavy atom. The van der Waals surface area contributed by atoms with Gasteiger partial charge in [0.05, 0.1) is 14.2 Å². The van der Waals surface area contributed by atoms with Crippen LogP contribution in [0.25, 0.3) is 0 Å². The van der Waals surface area contributed by atoms with Crippen LogP contribution in [-0.2, 0) is 41.7 Å². The minimum atomic E-state index is -0.795. The molecule has 15 nitrogen and oxygen atoms in total. The number of carbonyl (C=O) groups is 6. The van der Waals surface area contributed by atoms with E-state index >= 15 is 0 Å². The molecule has 2 heterocycles. The predicted octanol–water partition coefficient (Wildman–Crippen LogP) is 5.25. The monoisotopic (exact) mass is 803 g/mol. The number of alkyl carbamates (subject to hydrolysis) is 2. The Kier molecular flexibility index (Phi) is 15.5. The van der Waals surface area contributed by atoms with Gasteiger partial charge in [-0.25, -0.2) is 9.59 Å². The van der Waals surface area contributed by atoms with Gasteiger partial charge in [-0.1, -0.05) is 64.8 Å². The highest BCUT2D eigenvalue weighted by molar-refractivity contribution is 5.99. The molecule has 1 saturated carbocycles. The first-order valence-electron chi connectivity index (χ1n) is 20.6. The first kappa shape index (κ1) is 43.9. The predicted molar refractivity (Wildman–Crippen MR) is 219 cm³/mol. The molecule has 2 aromatic carbocycles. The van der Waals surface area contributed by atoms with E-state index in [2.05, 4.69) is 26.2 Å². The number of benzene rings is 2. The lowest BCUT2D eigenvalue weighted by atomic mass is 10.0. The van der Waals surface area contributed by atoms with Crippen LogP contribution in [-0.4, -0.2) is 108 Å². The summed E-state index contributed by atoms with van der Waals surface area (Å²) in [5.41, 5.74) is 3.51. The normalized spacial score (nSPS) is 19.3. The van der Waals surface area contributed by atoms with Gasteiger partial charge in [0.2, 0.25) is 23.6 Å². The number of amides is 6. The lowest BCUT2D eigenvalue weighted by Gasteiger charge is -2.30. The second kappa shape index (κ2) is 20.5. The zero-order valence-electron chi connectivity index (χ0n) is 34.8. The van der Waals surface area contributed by atoms with Gasteiger partial charge in [0.15, 0.2) is 0 Å². The lowest BCUT2D eigenvalue weighted by molar-refractivity contribution is -0.139. The van der Waals surface area contributed by atoms with Crippen molar-refractivity contribution in [2.75, 3.05) is 37.9 Å². The molecule has 2 aliphatic heterocycles. The number of nitrogens with one attached hydrogen (secondary N) is 4. The molecule has 2 aromatic rings. The van der Waals surface area contributed by atoms with Crippen LogP contribution in [0, 0.1) is 11.8 Å². The Hall–Kier alpha value is -5.18. The average molecular weight is 804 g/mol. The Morgan fingerprint density at radius 1 is 0.603 bits per heavy atom. The fourth-order valence-corrected chi connectivity index (χ4v) is 8.25. The Bertz CT molecular complexity index is 1630. The summed E-state index contributed by atoms with van der Waals surface area (Å²) < 4.78 is 9.42. The van der Waals surface area contributed by atoms with Crippen molar-refractivity contribution in [3.05, 3.63) is 59.7 Å². The standard InChI is InChI=1S/C43H61N7O8/c1-27(2)36(46-42(55)57-5)40(53)49-23-9-13-34(49)38(51)44-31-19-15-29(16-20-31)25-48(33-11-7-8-12-33)26-30-17-21-32(22-18-30)45-39(52)35-14-10-24-50(35)41(54)37(28(3)4)47-43(56)58-6/h15-22,27-28,33-37H,7-14,23-26H2,1-6H3,(H,44,51)(H,45,52)(H,46,55)(H,47,56)/t34-,35-,36-,37-/m0/s1. The van der Waals surface area contributed by atoms with Crippen LogP contribution in [0.3, 0.4) is 0 Å². The largest absolute Gasteiger partial charge is 0.453 e. The van der Waals surface area contributed by atoms with Gasteiger partial charge < -0.3 is 40.5 Å². The first-order valence-corrected chi connectivity index (χ1v) is 20.6. The van der Waals surface area contributed by atoms with E-state index in [0.717, 1.165) is 37.1 Å². The second-order valence-corrected chi connectivity index (χ2v) is 16.3. The number of anilines is 2. The van der Waals surface area contributed by atoms with E-state index in [1.807, 2.05) is 76.2 Å². The van der Waals surface area contributed by atoms with Gasteiger partial charge in [-0.05, 0) is 85.8 Å². The van der Waals surface area contributed by atoms with Crippen LogP contribution in [0.15, 0.2) is 48.5 Å². The number of hydrogen-bond acceptors (Lipinski definition) is 9. The second-order valence-electron chi connectivity index (χ2n) is 16.3. The highest BCUT2D eigenvalue weighted by Crippen LogP contribution is 2.28. The van der Waals surface area contributed by atoms with Crippen LogP contribution >= 0.6 is 0 Å². The highest BCUT2D eigenvalue weighted by Gasteiger charge is 2.40. The number of likely N-dealkylation sites (tertiary alicyclic amines) is 2. The summed E-state index contributed by atoms with van der Waals surface area (Å²) in [6, 6.07) is 13.2. The number of hydrogen-bond donors (Lipinski definition) is 4. The molecule has 3 fully saturated rings. The van der Waals surface area contributed by atoms with Crippen LogP contribution in [0.5, 0.6) is 0 Å². The summed E-state index contributed by atoms with van der Waals surface area (Å²) >= 11 is 0. The van der Waals surface area contributed by atoms with E-state index in [0.29, 0.717) is 56.2 Å². The van der Waals surface area contributed by atoms with Gasteiger partial charge in [0, 0.05) is 43.6 Å². The van der Waals surface area contributed by atoms with Crippen LogP contribution in [0.2, 0.25) is 0 Å². The van der Waals surface area contributed by atoms with Gasteiger partial charge in [0.25, 0.3) is 0 Å². The van der Waals surface area contributed by atoms with Crippen molar-refractivity contribution < 1.29 is 38.2 Å². The summed E-state index contributed by atoms with van der Waals surface area (Å²) in [5.74, 6) is -1.47. The van der Waals surface area contributed by atoms with Gasteiger partial charge in [-0.3, -0.25) is 24.1 Å². The van der Waals surface area contributed by atoms with Crippen LogP contribution in [0.4, 0.5) is 21.0 Å². The van der Waals surface area contributed by atoms with E-state index in [1.54, 1.807) is 9.80 Å². The number of methoxy groups -OCH3 is 2. The molecular formula is C43H61N7O8. The number of carbonyl (C=O) groups excluding carboxylic acids is 6. The number of nitrogens with zero attached hydrogens (tertiary/aromatic N) is 3. The Labute approximate surface area is 341 Å². The maximum atomic E-state index is 13.4. The quantitative estimate of drug-likeness (QED) is 0.187. The van der Waals surface area contributed by atoms with Crippen LogP contribution < -0.4 is 21.3 Å². The highest BCUT2D eigenvalue weighted by atomic mass is 16.5. The van der Waals surface area contributed by atoms with Crippen molar-refractivity contribution in [1.82, 2.24) is 25.3 Å². The summed E-state index contributed by atoms with van der Waals surface area (Å²) in [5, 5.41) is 11.2. The molecule has 0 aromatic heterocycles. The third-order valence-electron chi connectivity index (χ3n) is 11.5. The molecule has 4 N–H and O–H groups in total. The van der Waals surface area contributed by atoms with E-state index in [4.69, 9.17) is 9.47 Å². The molecule has 4 atom stereocenters. The van der Waals surface area contributed by atoms with Crippen molar-refractivity contribution >= 4 is 47.2 Å². The fourth-order valence-electron chi connectivity index (χ4n) is 8.25. The molecule has 0 radical (unpaired) electrons. The van der Waals surface area contributed by atoms with Crippen molar-refractivity contribution in [3.63, 3.8) is 0 Å². The van der Waals surface area contributed by atoms with E-state index in [1.165, 1.54) is 27.1 Å². The van der Waals surface area contributed by atoms with E-state index in [9.17, 15) is 28.8 Å². The third kappa shape index (κ3) is 11.3. The summed E-state index contributed by atoms with van der Waals surface area (Å²) in [7, 11) is 2.50. The molecular weight excluding hydrogens is 743 g/mol. The SMILES string of the molecule is COC(=O)N[C@H](C(=O)N1CCC[C@H]1C(=O)Nc1ccc(CN(Cc2ccc(NC(=O)[C@@H]3CCCN3C(=O)[C@@H](NC(=O)OC)C(C)C)cc2)C2CCCC2)cc1)C(C)C. The molecule has 0 unspecified atom stereocenters. The Morgan fingerprint density at radius 2 is 0.983 bits per heavy atom. The summed E-state index contributed by atoms with van der Waals surface area (Å²) in [6.07, 6.45) is 5.71. The average Bonchev–Trinajstić information content (AvgIpc) is 4.02. The summed E-state index contributed by atoms with van der Waals surface area (Å²) in [6.45, 7) is 9.69. The molecule has 0 bridgehead atoms. The smallest absolute Gasteiger partial charge is 0.407 e. The topological polar surface area (TPSA) is 179 Å². The number of rotatable bonds is 15. The van der Waals surface area contributed by atoms with Crippen molar-refractivity contribution in [2.24, 2.45) is 11.8 Å². The van der Waals surface area contributed by atoms with E-state index in [-0.39, 0.29) is 35.5 Å². The summed E-state index contributed by atoms with van der Waals surface area (Å²) in [4.78, 5) is 83.2. The molecule has 0 spiro atoms. The van der Waals surface area contributed by atoms with Gasteiger partial charge in [-0.2, -0.15) is 0 Å². The minimum absolute atomic E-state index is 0.184. The van der Waals surface area contributed by atoms with E-state index < -0.39 is 36.4 Å². The Balaban J connectivity index is 1.18. The van der Waals surface area contributed by atoms with Crippen LogP contribution in [0.1, 0.15) is 90.2 Å². The molecule has 15 heteroatoms. The molecule has 1 aliphatic carbocycles. The van der Waals surface area contributed by atoms with Crippen molar-refractivity contribution in [1.29, 1.82) is 0 Å². The fraction of sp³-hybridized carbons (Fsp3) is 0.581. The maximum Gasteiger partial charge on any atom is 0.407 e. The molecule has 316 valence electrons. The third-order valence-corrected chi connectivity index (χ3v) is 11.5. The lowest BCUT2D eigenvalue weighted by Crippen LogP contribution is -2.54. The number of ether oxygens (including phenoxy) is 2. The molecule has 6 amide bonds. The maximum absolute atomic E-state index is 13.4. The molecule has 5 rings (SSSR count). The van der Waals surface area contributed by atoms with Crippen molar-refractivity contribution in [3.8, 4) is 0 Å². The first-order chi connectivity index (χ1) is 27.8. The zero-order chi connectivity index (χ0) is 41.9. The molecule has 2 saturated heterocycles. The van der Waals surface area contributed by atoms with Crippen molar-refractivity contribution in [2.45, 2.75) is 122 Å². The molecule has 58 heavy (non-hydrogen) atoms. The molecule has 3 aliphatic rings.